The average molecular weight is 163 g/mol. The number of aryl methyl sites for hydroxylation is 1. The van der Waals surface area contributed by atoms with Gasteiger partial charge in [-0.1, -0.05) is 18.2 Å². The molecule has 0 aliphatic heterocycles. The predicted molar refractivity (Wildman–Crippen MR) is 50.6 cm³/mol. The van der Waals surface area contributed by atoms with E-state index in [-0.39, 0.29) is 0 Å². The monoisotopic (exact) mass is 163 g/mol. The van der Waals surface area contributed by atoms with Crippen molar-refractivity contribution in [3.05, 3.63) is 35.4 Å². The highest BCUT2D eigenvalue weighted by molar-refractivity contribution is 5.95. The standard InChI is InChI=1S/C10H13NO/c1-8-6-4-5-7-9(8)10(11-2)12-3/h4-7H,1-3H3. The van der Waals surface area contributed by atoms with Crippen LogP contribution in [0.3, 0.4) is 0 Å². The Morgan fingerprint density at radius 2 is 2.00 bits per heavy atom. The number of methoxy groups -OCH3 is 1. The zero-order valence-electron chi connectivity index (χ0n) is 7.66. The molecule has 0 aliphatic carbocycles. The summed E-state index contributed by atoms with van der Waals surface area (Å²) in [5.41, 5.74) is 2.24. The van der Waals surface area contributed by atoms with Crippen LogP contribution in [-0.4, -0.2) is 20.1 Å². The third kappa shape index (κ3) is 1.64. The number of nitrogens with zero attached hydrogens (tertiary/aromatic N) is 1. The van der Waals surface area contributed by atoms with Gasteiger partial charge < -0.3 is 4.74 Å². The summed E-state index contributed by atoms with van der Waals surface area (Å²) in [4.78, 5) is 4.03. The third-order valence-electron chi connectivity index (χ3n) is 1.77. The van der Waals surface area contributed by atoms with E-state index in [2.05, 4.69) is 4.99 Å². The van der Waals surface area contributed by atoms with Gasteiger partial charge in [-0.3, -0.25) is 4.99 Å². The molecule has 0 aliphatic rings. The molecule has 0 saturated carbocycles. The Morgan fingerprint density at radius 1 is 1.33 bits per heavy atom. The van der Waals surface area contributed by atoms with E-state index in [4.69, 9.17) is 4.74 Å². The average Bonchev–Trinajstić information content (AvgIpc) is 2.10. The van der Waals surface area contributed by atoms with Gasteiger partial charge in [0.1, 0.15) is 0 Å². The van der Waals surface area contributed by atoms with Gasteiger partial charge in [0.15, 0.2) is 0 Å². The first-order valence-corrected chi connectivity index (χ1v) is 3.86. The van der Waals surface area contributed by atoms with Crippen molar-refractivity contribution in [2.45, 2.75) is 6.92 Å². The van der Waals surface area contributed by atoms with Crippen molar-refractivity contribution in [3.63, 3.8) is 0 Å². The van der Waals surface area contributed by atoms with Crippen molar-refractivity contribution in [3.8, 4) is 0 Å². The Kier molecular flexibility index (Phi) is 2.86. The molecule has 0 fully saturated rings. The lowest BCUT2D eigenvalue weighted by Gasteiger charge is -2.06. The summed E-state index contributed by atoms with van der Waals surface area (Å²) >= 11 is 0. The number of rotatable bonds is 1. The van der Waals surface area contributed by atoms with Gasteiger partial charge in [0.05, 0.1) is 7.11 Å². The molecule has 64 valence electrons. The van der Waals surface area contributed by atoms with Gasteiger partial charge in [0, 0.05) is 12.6 Å². The van der Waals surface area contributed by atoms with Crippen LogP contribution < -0.4 is 0 Å². The minimum atomic E-state index is 0.688. The van der Waals surface area contributed by atoms with E-state index in [1.54, 1.807) is 14.2 Å². The molecule has 0 aromatic heterocycles. The maximum absolute atomic E-state index is 5.12. The van der Waals surface area contributed by atoms with Crippen LogP contribution >= 0.6 is 0 Å². The van der Waals surface area contributed by atoms with Crippen LogP contribution in [0.2, 0.25) is 0 Å². The Morgan fingerprint density at radius 3 is 2.50 bits per heavy atom. The second-order valence-electron chi connectivity index (χ2n) is 2.55. The van der Waals surface area contributed by atoms with Gasteiger partial charge in [0.2, 0.25) is 5.90 Å². The van der Waals surface area contributed by atoms with Crippen LogP contribution in [0.5, 0.6) is 0 Å². The fourth-order valence-corrected chi connectivity index (χ4v) is 1.13. The highest BCUT2D eigenvalue weighted by Gasteiger charge is 2.03. The van der Waals surface area contributed by atoms with Gasteiger partial charge in [0.25, 0.3) is 0 Å². The second-order valence-corrected chi connectivity index (χ2v) is 2.55. The highest BCUT2D eigenvalue weighted by atomic mass is 16.5. The molecule has 0 amide bonds. The van der Waals surface area contributed by atoms with Crippen molar-refractivity contribution in [1.29, 1.82) is 0 Å². The maximum Gasteiger partial charge on any atom is 0.215 e. The number of benzene rings is 1. The van der Waals surface area contributed by atoms with E-state index in [9.17, 15) is 0 Å². The lowest BCUT2D eigenvalue weighted by Crippen LogP contribution is -2.04. The molecule has 2 heteroatoms. The Labute approximate surface area is 72.9 Å². The summed E-state index contributed by atoms with van der Waals surface area (Å²) in [7, 11) is 3.36. The van der Waals surface area contributed by atoms with Crippen LogP contribution in [-0.2, 0) is 4.74 Å². The maximum atomic E-state index is 5.12. The van der Waals surface area contributed by atoms with Crippen molar-refractivity contribution in [1.82, 2.24) is 0 Å². The molecular formula is C10H13NO. The molecular weight excluding hydrogens is 150 g/mol. The first-order valence-electron chi connectivity index (χ1n) is 3.86. The molecule has 12 heavy (non-hydrogen) atoms. The summed E-state index contributed by atoms with van der Waals surface area (Å²) in [5, 5.41) is 0. The van der Waals surface area contributed by atoms with Crippen LogP contribution in [0.1, 0.15) is 11.1 Å². The second kappa shape index (κ2) is 3.90. The van der Waals surface area contributed by atoms with Crippen LogP contribution in [0.4, 0.5) is 0 Å². The predicted octanol–water partition coefficient (Wildman–Crippen LogP) is 2.02. The molecule has 1 aromatic carbocycles. The fourth-order valence-electron chi connectivity index (χ4n) is 1.13. The Hall–Kier alpha value is -1.31. The summed E-state index contributed by atoms with van der Waals surface area (Å²) in [6, 6.07) is 8.02. The summed E-state index contributed by atoms with van der Waals surface area (Å²) in [6.07, 6.45) is 0. The van der Waals surface area contributed by atoms with Gasteiger partial charge in [-0.2, -0.15) is 0 Å². The first-order chi connectivity index (χ1) is 5.79. The van der Waals surface area contributed by atoms with E-state index in [1.807, 2.05) is 31.2 Å². The Balaban J connectivity index is 3.10. The van der Waals surface area contributed by atoms with E-state index in [1.165, 1.54) is 5.56 Å². The molecule has 0 saturated heterocycles. The smallest absolute Gasteiger partial charge is 0.215 e. The van der Waals surface area contributed by atoms with E-state index in [0.717, 1.165) is 5.56 Å². The summed E-state index contributed by atoms with van der Waals surface area (Å²) in [6.45, 7) is 2.04. The summed E-state index contributed by atoms with van der Waals surface area (Å²) < 4.78 is 5.12. The molecule has 0 N–H and O–H groups in total. The van der Waals surface area contributed by atoms with E-state index >= 15 is 0 Å². The largest absolute Gasteiger partial charge is 0.481 e. The normalized spacial score (nSPS) is 11.4. The quantitative estimate of drug-likeness (QED) is 0.458. The van der Waals surface area contributed by atoms with Crippen molar-refractivity contribution in [2.24, 2.45) is 4.99 Å². The third-order valence-corrected chi connectivity index (χ3v) is 1.77. The zero-order valence-corrected chi connectivity index (χ0v) is 7.66. The van der Waals surface area contributed by atoms with Crippen molar-refractivity contribution < 1.29 is 4.74 Å². The lowest BCUT2D eigenvalue weighted by molar-refractivity contribution is 0.404. The SMILES string of the molecule is CN=C(OC)c1ccccc1C. The van der Waals surface area contributed by atoms with Crippen LogP contribution in [0.15, 0.2) is 29.3 Å². The molecule has 1 aromatic rings. The Bertz CT molecular complexity index is 292. The van der Waals surface area contributed by atoms with Crippen molar-refractivity contribution >= 4 is 5.90 Å². The van der Waals surface area contributed by atoms with Gasteiger partial charge in [-0.25, -0.2) is 0 Å². The number of ether oxygens (including phenoxy) is 1. The van der Waals surface area contributed by atoms with E-state index < -0.39 is 0 Å². The lowest BCUT2D eigenvalue weighted by atomic mass is 10.1. The van der Waals surface area contributed by atoms with Crippen LogP contribution in [0.25, 0.3) is 0 Å². The minimum absolute atomic E-state index is 0.688. The molecule has 0 spiro atoms. The topological polar surface area (TPSA) is 21.6 Å². The fraction of sp³-hybridized carbons (Fsp3) is 0.300. The molecule has 1 rings (SSSR count). The number of aliphatic imine (C=N–C) groups is 1. The molecule has 0 heterocycles. The minimum Gasteiger partial charge on any atom is -0.481 e. The zero-order chi connectivity index (χ0) is 8.97. The molecule has 0 unspecified atom stereocenters. The van der Waals surface area contributed by atoms with Gasteiger partial charge in [-0.15, -0.1) is 0 Å². The highest BCUT2D eigenvalue weighted by Crippen LogP contribution is 2.08. The number of hydrogen-bond acceptors (Lipinski definition) is 2. The van der Waals surface area contributed by atoms with Gasteiger partial charge in [-0.05, 0) is 18.6 Å². The molecule has 0 radical (unpaired) electrons. The summed E-state index contributed by atoms with van der Waals surface area (Å²) in [5.74, 6) is 0.688. The van der Waals surface area contributed by atoms with Gasteiger partial charge >= 0.3 is 0 Å². The molecule has 0 atom stereocenters. The molecule has 2 nitrogen and oxygen atoms in total. The van der Waals surface area contributed by atoms with Crippen LogP contribution in [0, 0.1) is 6.92 Å². The van der Waals surface area contributed by atoms with E-state index in [0.29, 0.717) is 5.90 Å². The van der Waals surface area contributed by atoms with Crippen molar-refractivity contribution in [2.75, 3.05) is 14.2 Å². The molecule has 0 bridgehead atoms. The number of hydrogen-bond donors (Lipinski definition) is 0. The first kappa shape index (κ1) is 8.78.